The topological polar surface area (TPSA) is 45.5 Å². The number of fused-ring (bicyclic) bond motifs is 2. The first-order chi connectivity index (χ1) is 8.54. The lowest BCUT2D eigenvalue weighted by molar-refractivity contribution is -0.136. The predicted molar refractivity (Wildman–Crippen MR) is 69.4 cm³/mol. The molecule has 0 bridgehead atoms. The van der Waals surface area contributed by atoms with Crippen molar-refractivity contribution in [3.8, 4) is 0 Å². The highest BCUT2D eigenvalue weighted by atomic mass is 16.4. The van der Waals surface area contributed by atoms with Gasteiger partial charge in [0.05, 0.1) is 6.42 Å². The van der Waals surface area contributed by atoms with Gasteiger partial charge in [-0.05, 0) is 35.9 Å². The summed E-state index contributed by atoms with van der Waals surface area (Å²) in [6, 6.07) is 4.35. The zero-order valence-corrected chi connectivity index (χ0v) is 10.6. The van der Waals surface area contributed by atoms with Crippen LogP contribution in [0.1, 0.15) is 16.7 Å². The second kappa shape index (κ2) is 3.85. The molecule has 0 atom stereocenters. The Balaban J connectivity index is 2.18. The van der Waals surface area contributed by atoms with Gasteiger partial charge >= 0.3 is 5.97 Å². The number of benzene rings is 1. The average Bonchev–Trinajstić information content (AvgIpc) is 2.76. The van der Waals surface area contributed by atoms with Gasteiger partial charge in [-0.25, -0.2) is 0 Å². The quantitative estimate of drug-likeness (QED) is 0.875. The van der Waals surface area contributed by atoms with Crippen molar-refractivity contribution in [2.45, 2.75) is 19.5 Å². The maximum absolute atomic E-state index is 10.9. The van der Waals surface area contributed by atoms with Crippen molar-refractivity contribution in [1.29, 1.82) is 0 Å². The summed E-state index contributed by atoms with van der Waals surface area (Å²) in [7, 11) is 4.07. The fourth-order valence-corrected chi connectivity index (χ4v) is 2.83. The van der Waals surface area contributed by atoms with Crippen molar-refractivity contribution in [3.05, 3.63) is 35.0 Å². The van der Waals surface area contributed by atoms with E-state index in [1.165, 1.54) is 11.1 Å². The SMILES string of the molecule is CN1Cc2cc3c(CC(=O)O)cn(C)c3cc2C1. The van der Waals surface area contributed by atoms with Crippen molar-refractivity contribution < 1.29 is 9.90 Å². The highest BCUT2D eigenvalue weighted by Crippen LogP contribution is 2.29. The van der Waals surface area contributed by atoms with Gasteiger partial charge in [-0.15, -0.1) is 0 Å². The number of carboxylic acids is 1. The molecular formula is C14H16N2O2. The standard InChI is InChI=1S/C14H16N2O2/c1-15-6-9-3-12-11(5-14(17)18)8-16(2)13(12)4-10(9)7-15/h3-4,8H,5-7H2,1-2H3,(H,17,18). The van der Waals surface area contributed by atoms with Gasteiger partial charge in [0.25, 0.3) is 0 Å². The Kier molecular flexibility index (Phi) is 2.41. The Hall–Kier alpha value is -1.81. The molecule has 1 aliphatic heterocycles. The molecule has 0 aliphatic carbocycles. The number of nitrogens with zero attached hydrogens (tertiary/aromatic N) is 2. The normalized spacial score (nSPS) is 15.2. The van der Waals surface area contributed by atoms with Crippen molar-refractivity contribution in [2.24, 2.45) is 7.05 Å². The second-order valence-corrected chi connectivity index (χ2v) is 5.15. The lowest BCUT2D eigenvalue weighted by atomic mass is 10.0. The van der Waals surface area contributed by atoms with Crippen molar-refractivity contribution in [1.82, 2.24) is 9.47 Å². The highest BCUT2D eigenvalue weighted by Gasteiger charge is 2.19. The van der Waals surface area contributed by atoms with E-state index in [0.717, 1.165) is 29.6 Å². The van der Waals surface area contributed by atoms with Crippen LogP contribution in [0, 0.1) is 0 Å². The van der Waals surface area contributed by atoms with Crippen molar-refractivity contribution in [3.63, 3.8) is 0 Å². The molecule has 4 nitrogen and oxygen atoms in total. The number of rotatable bonds is 2. The molecule has 1 N–H and O–H groups in total. The van der Waals surface area contributed by atoms with Crippen LogP contribution in [0.25, 0.3) is 10.9 Å². The van der Waals surface area contributed by atoms with E-state index in [9.17, 15) is 4.79 Å². The van der Waals surface area contributed by atoms with E-state index in [1.807, 2.05) is 17.8 Å². The summed E-state index contributed by atoms with van der Waals surface area (Å²) in [6.45, 7) is 1.93. The third-order valence-electron chi connectivity index (χ3n) is 3.62. The minimum atomic E-state index is -0.778. The van der Waals surface area contributed by atoms with Gasteiger partial charge < -0.3 is 9.67 Å². The van der Waals surface area contributed by atoms with E-state index in [2.05, 4.69) is 24.1 Å². The molecule has 3 rings (SSSR count). The molecule has 94 valence electrons. The predicted octanol–water partition coefficient (Wildman–Crippen LogP) is 1.75. The third kappa shape index (κ3) is 1.69. The number of hydrogen-bond acceptors (Lipinski definition) is 2. The second-order valence-electron chi connectivity index (χ2n) is 5.15. The van der Waals surface area contributed by atoms with E-state index < -0.39 is 5.97 Å². The zero-order chi connectivity index (χ0) is 12.9. The lowest BCUT2D eigenvalue weighted by Crippen LogP contribution is -2.07. The largest absolute Gasteiger partial charge is 0.481 e. The molecule has 1 aromatic carbocycles. The van der Waals surface area contributed by atoms with Crippen molar-refractivity contribution >= 4 is 16.9 Å². The zero-order valence-electron chi connectivity index (χ0n) is 10.6. The summed E-state index contributed by atoms with van der Waals surface area (Å²) in [5, 5.41) is 10.0. The first kappa shape index (κ1) is 11.3. The lowest BCUT2D eigenvalue weighted by Gasteiger charge is -2.02. The fraction of sp³-hybridized carbons (Fsp3) is 0.357. The van der Waals surface area contributed by atoms with E-state index in [4.69, 9.17) is 5.11 Å². The van der Waals surface area contributed by atoms with Crippen LogP contribution in [0.5, 0.6) is 0 Å². The molecule has 1 aliphatic rings. The van der Waals surface area contributed by atoms with Gasteiger partial charge in [-0.1, -0.05) is 0 Å². The molecule has 0 unspecified atom stereocenters. The first-order valence-electron chi connectivity index (χ1n) is 6.04. The van der Waals surface area contributed by atoms with Gasteiger partial charge in [0.1, 0.15) is 0 Å². The highest BCUT2D eigenvalue weighted by molar-refractivity contribution is 5.88. The Labute approximate surface area is 105 Å². The van der Waals surface area contributed by atoms with Crippen LogP contribution in [0.3, 0.4) is 0 Å². The number of carboxylic acid groups (broad SMARTS) is 1. The summed E-state index contributed by atoms with van der Waals surface area (Å²) in [4.78, 5) is 13.2. The molecule has 0 radical (unpaired) electrons. The van der Waals surface area contributed by atoms with E-state index in [-0.39, 0.29) is 6.42 Å². The van der Waals surface area contributed by atoms with Crippen LogP contribution in [0.2, 0.25) is 0 Å². The summed E-state index contributed by atoms with van der Waals surface area (Å²) in [5.41, 5.74) is 4.70. The maximum Gasteiger partial charge on any atom is 0.307 e. The number of aromatic nitrogens is 1. The molecule has 1 aromatic heterocycles. The monoisotopic (exact) mass is 244 g/mol. The number of aryl methyl sites for hydroxylation is 1. The molecule has 0 saturated heterocycles. The van der Waals surface area contributed by atoms with Crippen LogP contribution >= 0.6 is 0 Å². The third-order valence-corrected chi connectivity index (χ3v) is 3.62. The Morgan fingerprint density at radius 3 is 2.61 bits per heavy atom. The molecule has 2 heterocycles. The fourth-order valence-electron chi connectivity index (χ4n) is 2.83. The molecule has 0 amide bonds. The van der Waals surface area contributed by atoms with Gasteiger partial charge in [-0.3, -0.25) is 9.69 Å². The Morgan fingerprint density at radius 1 is 1.28 bits per heavy atom. The summed E-state index contributed by atoms with van der Waals surface area (Å²) < 4.78 is 2.02. The average molecular weight is 244 g/mol. The molecule has 2 aromatic rings. The molecule has 0 fully saturated rings. The number of carbonyl (C=O) groups is 1. The molecule has 0 spiro atoms. The smallest absolute Gasteiger partial charge is 0.307 e. The Morgan fingerprint density at radius 2 is 1.94 bits per heavy atom. The van der Waals surface area contributed by atoms with Crippen LogP contribution in [0.4, 0.5) is 0 Å². The molecule has 18 heavy (non-hydrogen) atoms. The summed E-state index contributed by atoms with van der Waals surface area (Å²) in [6.07, 6.45) is 2.02. The van der Waals surface area contributed by atoms with Crippen LogP contribution in [-0.4, -0.2) is 27.6 Å². The van der Waals surface area contributed by atoms with Crippen LogP contribution < -0.4 is 0 Å². The van der Waals surface area contributed by atoms with Crippen molar-refractivity contribution in [2.75, 3.05) is 7.05 Å². The number of hydrogen-bond donors (Lipinski definition) is 1. The van der Waals surface area contributed by atoms with Crippen LogP contribution in [-0.2, 0) is 31.4 Å². The van der Waals surface area contributed by atoms with E-state index in [0.29, 0.717) is 0 Å². The van der Waals surface area contributed by atoms with Gasteiger partial charge in [0, 0.05) is 37.2 Å². The van der Waals surface area contributed by atoms with Gasteiger partial charge in [0.2, 0.25) is 0 Å². The van der Waals surface area contributed by atoms with Crippen LogP contribution in [0.15, 0.2) is 18.3 Å². The molecule has 4 heteroatoms. The summed E-state index contributed by atoms with van der Waals surface area (Å²) in [5.74, 6) is -0.778. The minimum Gasteiger partial charge on any atom is -0.481 e. The molecule has 0 saturated carbocycles. The first-order valence-corrected chi connectivity index (χ1v) is 6.04. The van der Waals surface area contributed by atoms with Gasteiger partial charge in [0.15, 0.2) is 0 Å². The number of aliphatic carboxylic acids is 1. The maximum atomic E-state index is 10.9. The molecular weight excluding hydrogens is 228 g/mol. The summed E-state index contributed by atoms with van der Waals surface area (Å²) >= 11 is 0. The minimum absolute atomic E-state index is 0.0893. The van der Waals surface area contributed by atoms with E-state index in [1.54, 1.807) is 0 Å². The van der Waals surface area contributed by atoms with Gasteiger partial charge in [-0.2, -0.15) is 0 Å². The Bertz CT molecular complexity index is 643. The van der Waals surface area contributed by atoms with E-state index >= 15 is 0 Å².